The largest absolute Gasteiger partial charge is 0.379 e. The molecule has 0 unspecified atom stereocenters. The highest BCUT2D eigenvalue weighted by molar-refractivity contribution is 7.89. The third kappa shape index (κ3) is 6.54. The van der Waals surface area contributed by atoms with E-state index >= 15 is 0 Å². The molecule has 0 spiro atoms. The van der Waals surface area contributed by atoms with Gasteiger partial charge in [0, 0.05) is 30.2 Å². The molecule has 2 amide bonds. The van der Waals surface area contributed by atoms with Gasteiger partial charge in [-0.05, 0) is 41.8 Å². The molecule has 8 nitrogen and oxygen atoms in total. The molecule has 1 aliphatic heterocycles. The number of nitrogens with zero attached hydrogens (tertiary/aromatic N) is 1. The molecule has 1 saturated heterocycles. The number of ether oxygens (including phenoxy) is 1. The lowest BCUT2D eigenvalue weighted by Gasteiger charge is -2.26. The fourth-order valence-electron chi connectivity index (χ4n) is 3.39. The van der Waals surface area contributed by atoms with Crippen molar-refractivity contribution in [2.24, 2.45) is 5.92 Å². The zero-order valence-corrected chi connectivity index (χ0v) is 20.2. The van der Waals surface area contributed by atoms with Gasteiger partial charge in [0.1, 0.15) is 6.04 Å². The van der Waals surface area contributed by atoms with Crippen LogP contribution in [-0.2, 0) is 26.1 Å². The number of carbonyl (C=O) groups is 2. The predicted molar refractivity (Wildman–Crippen MR) is 125 cm³/mol. The highest BCUT2D eigenvalue weighted by atomic mass is 35.5. The Labute approximate surface area is 199 Å². The molecule has 10 heteroatoms. The van der Waals surface area contributed by atoms with Crippen LogP contribution in [0.15, 0.2) is 53.4 Å². The average Bonchev–Trinajstić information content (AvgIpc) is 2.82. The van der Waals surface area contributed by atoms with Crippen LogP contribution < -0.4 is 10.6 Å². The number of rotatable bonds is 8. The lowest BCUT2D eigenvalue weighted by atomic mass is 10.0. The van der Waals surface area contributed by atoms with Crippen molar-refractivity contribution in [1.29, 1.82) is 0 Å². The summed E-state index contributed by atoms with van der Waals surface area (Å²) in [6.07, 6.45) is 0. The second-order valence-corrected chi connectivity index (χ2v) is 10.5. The van der Waals surface area contributed by atoms with Gasteiger partial charge in [0.25, 0.3) is 5.91 Å². The van der Waals surface area contributed by atoms with Crippen molar-refractivity contribution < 1.29 is 22.7 Å². The van der Waals surface area contributed by atoms with E-state index in [1.54, 1.807) is 12.1 Å². The van der Waals surface area contributed by atoms with Crippen molar-refractivity contribution in [3.05, 3.63) is 64.7 Å². The summed E-state index contributed by atoms with van der Waals surface area (Å²) in [5.74, 6) is -1.03. The van der Waals surface area contributed by atoms with Crippen molar-refractivity contribution in [3.63, 3.8) is 0 Å². The van der Waals surface area contributed by atoms with Crippen molar-refractivity contribution in [2.45, 2.75) is 31.3 Å². The Hall–Kier alpha value is -2.46. The number of nitrogens with one attached hydrogen (secondary N) is 2. The summed E-state index contributed by atoms with van der Waals surface area (Å²) in [5.41, 5.74) is 1.04. The summed E-state index contributed by atoms with van der Waals surface area (Å²) in [7, 11) is -3.74. The standard InChI is InChI=1S/C23H28ClN3O5S/c1-16(2)21(23(29)25-15-17-6-8-19(24)9-7-17)26-22(28)18-4-3-5-20(14-18)33(30,31)27-10-12-32-13-11-27/h3-9,14,16,21H,10-13,15H2,1-2H3,(H,25,29)(H,26,28)/t21-/m0/s1. The Bertz CT molecular complexity index is 1080. The Morgan fingerprint density at radius 2 is 1.76 bits per heavy atom. The maximum absolute atomic E-state index is 12.9. The summed E-state index contributed by atoms with van der Waals surface area (Å²) in [6, 6.07) is 12.2. The molecule has 1 heterocycles. The first-order chi connectivity index (χ1) is 15.7. The molecule has 0 radical (unpaired) electrons. The zero-order valence-electron chi connectivity index (χ0n) is 18.6. The molecule has 0 aliphatic carbocycles. The van der Waals surface area contributed by atoms with E-state index < -0.39 is 22.0 Å². The van der Waals surface area contributed by atoms with Crippen molar-refractivity contribution in [1.82, 2.24) is 14.9 Å². The smallest absolute Gasteiger partial charge is 0.251 e. The van der Waals surface area contributed by atoms with E-state index in [1.807, 2.05) is 26.0 Å². The van der Waals surface area contributed by atoms with Gasteiger partial charge in [0.2, 0.25) is 15.9 Å². The Morgan fingerprint density at radius 3 is 2.39 bits per heavy atom. The highest BCUT2D eigenvalue weighted by Gasteiger charge is 2.28. The van der Waals surface area contributed by atoms with Gasteiger partial charge in [0.05, 0.1) is 18.1 Å². The molecule has 0 bridgehead atoms. The van der Waals surface area contributed by atoms with E-state index in [9.17, 15) is 18.0 Å². The van der Waals surface area contributed by atoms with Gasteiger partial charge in [-0.1, -0.05) is 43.6 Å². The van der Waals surface area contributed by atoms with Crippen LogP contribution in [0, 0.1) is 5.92 Å². The van der Waals surface area contributed by atoms with Crippen LogP contribution in [-0.4, -0.2) is 56.9 Å². The minimum atomic E-state index is -3.74. The van der Waals surface area contributed by atoms with Crippen LogP contribution in [0.1, 0.15) is 29.8 Å². The molecule has 1 aliphatic rings. The summed E-state index contributed by atoms with van der Waals surface area (Å²) in [5, 5.41) is 6.17. The number of amides is 2. The average molecular weight is 494 g/mol. The monoisotopic (exact) mass is 493 g/mol. The molecular formula is C23H28ClN3O5S. The topological polar surface area (TPSA) is 105 Å². The van der Waals surface area contributed by atoms with Crippen molar-refractivity contribution >= 4 is 33.4 Å². The molecule has 1 atom stereocenters. The quantitative estimate of drug-likeness (QED) is 0.587. The number of morpholine rings is 1. The minimum Gasteiger partial charge on any atom is -0.379 e. The van der Waals surface area contributed by atoms with E-state index in [4.69, 9.17) is 16.3 Å². The van der Waals surface area contributed by atoms with E-state index in [2.05, 4.69) is 10.6 Å². The molecule has 178 valence electrons. The van der Waals surface area contributed by atoms with E-state index in [1.165, 1.54) is 28.6 Å². The number of carbonyl (C=O) groups excluding carboxylic acids is 2. The van der Waals surface area contributed by atoms with Crippen LogP contribution in [0.5, 0.6) is 0 Å². The molecule has 0 saturated carbocycles. The Morgan fingerprint density at radius 1 is 1.09 bits per heavy atom. The number of hydrogen-bond donors (Lipinski definition) is 2. The third-order valence-corrected chi connectivity index (χ3v) is 7.47. The van der Waals surface area contributed by atoms with E-state index in [0.29, 0.717) is 24.8 Å². The van der Waals surface area contributed by atoms with Gasteiger partial charge in [-0.2, -0.15) is 4.31 Å². The maximum atomic E-state index is 12.9. The lowest BCUT2D eigenvalue weighted by molar-refractivity contribution is -0.124. The molecule has 2 aromatic rings. The van der Waals surface area contributed by atoms with Crippen LogP contribution in [0.4, 0.5) is 0 Å². The normalized spacial score (nSPS) is 15.8. The summed E-state index contributed by atoms with van der Waals surface area (Å²) >= 11 is 5.88. The van der Waals surface area contributed by atoms with Crippen LogP contribution in [0.3, 0.4) is 0 Å². The first kappa shape index (κ1) is 25.2. The molecule has 3 rings (SSSR count). The molecular weight excluding hydrogens is 466 g/mol. The van der Waals surface area contributed by atoms with Gasteiger partial charge in [0.15, 0.2) is 0 Å². The Kier molecular flexibility index (Phi) is 8.47. The SMILES string of the molecule is CC(C)[C@H](NC(=O)c1cccc(S(=O)(=O)N2CCOCC2)c1)C(=O)NCc1ccc(Cl)cc1. The van der Waals surface area contributed by atoms with Gasteiger partial charge in [-0.25, -0.2) is 8.42 Å². The maximum Gasteiger partial charge on any atom is 0.251 e. The van der Waals surface area contributed by atoms with Gasteiger partial charge >= 0.3 is 0 Å². The van der Waals surface area contributed by atoms with Crippen molar-refractivity contribution in [3.8, 4) is 0 Å². The predicted octanol–water partition coefficient (Wildman–Crippen LogP) is 2.43. The molecule has 1 fully saturated rings. The molecule has 0 aromatic heterocycles. The second kappa shape index (κ2) is 11.1. The van der Waals surface area contributed by atoms with Gasteiger partial charge in [-0.3, -0.25) is 9.59 Å². The molecule has 2 N–H and O–H groups in total. The van der Waals surface area contributed by atoms with Gasteiger partial charge < -0.3 is 15.4 Å². The van der Waals surface area contributed by atoms with Gasteiger partial charge in [-0.15, -0.1) is 0 Å². The number of benzene rings is 2. The Balaban J connectivity index is 1.69. The van der Waals surface area contributed by atoms with E-state index in [-0.39, 0.29) is 35.4 Å². The number of sulfonamides is 1. The number of hydrogen-bond acceptors (Lipinski definition) is 5. The first-order valence-corrected chi connectivity index (χ1v) is 12.5. The fourth-order valence-corrected chi connectivity index (χ4v) is 4.98. The van der Waals surface area contributed by atoms with Crippen molar-refractivity contribution in [2.75, 3.05) is 26.3 Å². The summed E-state index contributed by atoms with van der Waals surface area (Å²) in [6.45, 7) is 5.14. The van der Waals surface area contributed by atoms with E-state index in [0.717, 1.165) is 5.56 Å². The third-order valence-electron chi connectivity index (χ3n) is 5.32. The lowest BCUT2D eigenvalue weighted by Crippen LogP contribution is -2.49. The van der Waals surface area contributed by atoms with Crippen LogP contribution >= 0.6 is 11.6 Å². The highest BCUT2D eigenvalue weighted by Crippen LogP contribution is 2.19. The van der Waals surface area contributed by atoms with Crippen LogP contribution in [0.25, 0.3) is 0 Å². The molecule has 2 aromatic carbocycles. The van der Waals surface area contributed by atoms with Crippen LogP contribution in [0.2, 0.25) is 5.02 Å². The fraction of sp³-hybridized carbons (Fsp3) is 0.391. The second-order valence-electron chi connectivity index (χ2n) is 8.08. The summed E-state index contributed by atoms with van der Waals surface area (Å²) in [4.78, 5) is 25.7. The first-order valence-electron chi connectivity index (χ1n) is 10.7. The minimum absolute atomic E-state index is 0.0327. The number of halogens is 1. The zero-order chi connectivity index (χ0) is 24.0. The summed E-state index contributed by atoms with van der Waals surface area (Å²) < 4.78 is 32.4. The molecule has 33 heavy (non-hydrogen) atoms.